The van der Waals surface area contributed by atoms with Crippen LogP contribution in [0.5, 0.6) is 0 Å². The van der Waals surface area contributed by atoms with Crippen molar-refractivity contribution in [2.75, 3.05) is 6.54 Å². The lowest BCUT2D eigenvalue weighted by Gasteiger charge is -2.15. The van der Waals surface area contributed by atoms with Crippen LogP contribution >= 0.6 is 0 Å². The number of para-hydroxylation sites is 3. The molecule has 0 aliphatic carbocycles. The summed E-state index contributed by atoms with van der Waals surface area (Å²) in [6.07, 6.45) is 7.81. The lowest BCUT2D eigenvalue weighted by molar-refractivity contribution is 0.418. The molecule has 40 heavy (non-hydrogen) atoms. The summed E-state index contributed by atoms with van der Waals surface area (Å²) in [6.45, 7) is 4.65. The Morgan fingerprint density at radius 1 is 0.600 bits per heavy atom. The minimum atomic E-state index is 0.499. The maximum absolute atomic E-state index is 6.39. The molecule has 1 aliphatic rings. The molecular weight excluding hydrogens is 490 g/mol. The first-order valence-electron chi connectivity index (χ1n) is 13.5. The van der Waals surface area contributed by atoms with E-state index in [1.165, 1.54) is 26.9 Å². The van der Waals surface area contributed by atoms with Gasteiger partial charge in [-0.1, -0.05) is 104 Å². The highest BCUT2D eigenvalue weighted by Gasteiger charge is 2.26. The number of aromatic nitrogens is 2. The largest absolute Gasteiger partial charge is 0.426 e. The number of aliphatic imine (C=N–C) groups is 1. The molecule has 0 fully saturated rings. The highest BCUT2D eigenvalue weighted by molar-refractivity contribution is 6.37. The zero-order valence-electron chi connectivity index (χ0n) is 21.8. The van der Waals surface area contributed by atoms with E-state index in [2.05, 4.69) is 119 Å². The standard InChI is InChI=1S/C36H25N3O/c1-24-14-4-3-13-23-37-36(40-24)39-31-22-12-10-20-29(31)33-27-18-8-7-17-26(27)32-28-19-9-11-21-30(28)38(34(32)35(33)39)25-15-5-2-6-16-25/h2-22H,1,23H2/b13-3-,14-4-,37-36-. The molecule has 190 valence electrons. The van der Waals surface area contributed by atoms with Gasteiger partial charge in [-0.2, -0.15) is 0 Å². The van der Waals surface area contributed by atoms with Crippen LogP contribution < -0.4 is 0 Å². The number of rotatable bonds is 1. The van der Waals surface area contributed by atoms with Crippen molar-refractivity contribution in [2.45, 2.75) is 0 Å². The first-order valence-corrected chi connectivity index (χ1v) is 13.5. The maximum atomic E-state index is 6.39. The van der Waals surface area contributed by atoms with E-state index in [0.717, 1.165) is 33.1 Å². The Hall–Kier alpha value is -5.35. The van der Waals surface area contributed by atoms with Gasteiger partial charge in [0.15, 0.2) is 0 Å². The van der Waals surface area contributed by atoms with Crippen LogP contribution in [0, 0.1) is 0 Å². The van der Waals surface area contributed by atoms with Crippen molar-refractivity contribution in [3.8, 4) is 5.69 Å². The van der Waals surface area contributed by atoms with Gasteiger partial charge in [-0.05, 0) is 41.1 Å². The van der Waals surface area contributed by atoms with Gasteiger partial charge in [0, 0.05) is 27.2 Å². The van der Waals surface area contributed by atoms with Gasteiger partial charge in [0.2, 0.25) is 0 Å². The lowest BCUT2D eigenvalue weighted by Crippen LogP contribution is -2.16. The number of nitrogens with zero attached hydrogens (tertiary/aromatic N) is 3. The Morgan fingerprint density at radius 3 is 1.82 bits per heavy atom. The molecule has 5 aromatic carbocycles. The molecule has 0 bridgehead atoms. The third kappa shape index (κ3) is 3.23. The predicted octanol–water partition coefficient (Wildman–Crippen LogP) is 8.91. The van der Waals surface area contributed by atoms with Crippen LogP contribution in [0.1, 0.15) is 0 Å². The third-order valence-corrected chi connectivity index (χ3v) is 7.73. The van der Waals surface area contributed by atoms with Gasteiger partial charge in [0.25, 0.3) is 0 Å². The van der Waals surface area contributed by atoms with E-state index >= 15 is 0 Å². The van der Waals surface area contributed by atoms with Crippen molar-refractivity contribution in [1.29, 1.82) is 0 Å². The lowest BCUT2D eigenvalue weighted by atomic mass is 9.98. The smallest absolute Gasteiger partial charge is 0.302 e. The Kier molecular flexibility index (Phi) is 5.01. The summed E-state index contributed by atoms with van der Waals surface area (Å²) in [6, 6.07) is 37.1. The van der Waals surface area contributed by atoms with Crippen LogP contribution in [-0.2, 0) is 4.74 Å². The number of hydrogen-bond acceptors (Lipinski definition) is 2. The quantitative estimate of drug-likeness (QED) is 0.215. The van der Waals surface area contributed by atoms with Crippen molar-refractivity contribution in [2.24, 2.45) is 4.99 Å². The van der Waals surface area contributed by atoms with E-state index < -0.39 is 0 Å². The predicted molar refractivity (Wildman–Crippen MR) is 167 cm³/mol. The second-order valence-electron chi connectivity index (χ2n) is 10.0. The molecule has 1 aliphatic heterocycles. The topological polar surface area (TPSA) is 31.4 Å². The Balaban J connectivity index is 1.69. The summed E-state index contributed by atoms with van der Waals surface area (Å²) in [5.41, 5.74) is 5.49. The van der Waals surface area contributed by atoms with Crippen molar-refractivity contribution in [3.63, 3.8) is 0 Å². The zero-order chi connectivity index (χ0) is 26.6. The van der Waals surface area contributed by atoms with E-state index in [-0.39, 0.29) is 0 Å². The highest BCUT2D eigenvalue weighted by atomic mass is 16.5. The zero-order valence-corrected chi connectivity index (χ0v) is 21.8. The maximum Gasteiger partial charge on any atom is 0.302 e. The van der Waals surface area contributed by atoms with Gasteiger partial charge in [0.1, 0.15) is 5.76 Å². The van der Waals surface area contributed by atoms with E-state index in [9.17, 15) is 0 Å². The van der Waals surface area contributed by atoms with Crippen LogP contribution in [0.4, 0.5) is 0 Å². The monoisotopic (exact) mass is 515 g/mol. The summed E-state index contributed by atoms with van der Waals surface area (Å²) < 4.78 is 11.0. The van der Waals surface area contributed by atoms with Crippen molar-refractivity contribution in [3.05, 3.63) is 140 Å². The molecule has 4 heteroatoms. The van der Waals surface area contributed by atoms with Crippen molar-refractivity contribution >= 4 is 60.4 Å². The van der Waals surface area contributed by atoms with Gasteiger partial charge in [0.05, 0.1) is 28.6 Å². The molecule has 2 aromatic heterocycles. The summed E-state index contributed by atoms with van der Waals surface area (Å²) in [5, 5.41) is 7.20. The normalized spacial score (nSPS) is 17.0. The van der Waals surface area contributed by atoms with Crippen LogP contribution in [0.3, 0.4) is 0 Å². The summed E-state index contributed by atoms with van der Waals surface area (Å²) in [7, 11) is 0. The van der Waals surface area contributed by atoms with Gasteiger partial charge in [-0.25, -0.2) is 4.99 Å². The van der Waals surface area contributed by atoms with Gasteiger partial charge < -0.3 is 9.30 Å². The minimum Gasteiger partial charge on any atom is -0.426 e. The first-order chi connectivity index (χ1) is 19.8. The van der Waals surface area contributed by atoms with E-state index in [4.69, 9.17) is 9.73 Å². The fourth-order valence-corrected chi connectivity index (χ4v) is 6.17. The molecular formula is C36H25N3O. The molecule has 3 heterocycles. The molecule has 4 nitrogen and oxygen atoms in total. The number of ether oxygens (including phenoxy) is 1. The van der Waals surface area contributed by atoms with Crippen LogP contribution in [-0.4, -0.2) is 21.7 Å². The highest BCUT2D eigenvalue weighted by Crippen LogP contribution is 2.45. The molecule has 0 radical (unpaired) electrons. The average Bonchev–Trinajstić information content (AvgIpc) is 3.55. The molecule has 7 aromatic rings. The van der Waals surface area contributed by atoms with E-state index in [1.807, 2.05) is 24.3 Å². The Labute approximate surface area is 231 Å². The van der Waals surface area contributed by atoms with Crippen LogP contribution in [0.2, 0.25) is 0 Å². The second-order valence-corrected chi connectivity index (χ2v) is 10.0. The Morgan fingerprint density at radius 2 is 1.15 bits per heavy atom. The van der Waals surface area contributed by atoms with Gasteiger partial charge in [-0.3, -0.25) is 4.57 Å². The molecule has 8 rings (SSSR count). The number of benzene rings is 5. The van der Waals surface area contributed by atoms with E-state index in [1.54, 1.807) is 0 Å². The van der Waals surface area contributed by atoms with E-state index in [0.29, 0.717) is 18.3 Å². The number of allylic oxidation sites excluding steroid dienone is 3. The van der Waals surface area contributed by atoms with Gasteiger partial charge in [-0.15, -0.1) is 0 Å². The minimum absolute atomic E-state index is 0.499. The number of hydrogen-bond donors (Lipinski definition) is 0. The third-order valence-electron chi connectivity index (χ3n) is 7.73. The molecule has 0 N–H and O–H groups in total. The summed E-state index contributed by atoms with van der Waals surface area (Å²) >= 11 is 0. The summed E-state index contributed by atoms with van der Waals surface area (Å²) in [4.78, 5) is 4.94. The average molecular weight is 516 g/mol. The van der Waals surface area contributed by atoms with Crippen LogP contribution in [0.15, 0.2) is 145 Å². The fraction of sp³-hybridized carbons (Fsp3) is 0.0278. The van der Waals surface area contributed by atoms with Crippen molar-refractivity contribution in [1.82, 2.24) is 9.13 Å². The number of fused-ring (bicyclic) bond motifs is 10. The first kappa shape index (κ1) is 22.6. The molecule has 0 spiro atoms. The molecule has 0 saturated heterocycles. The molecule has 0 atom stereocenters. The Bertz CT molecular complexity index is 2230. The fourth-order valence-electron chi connectivity index (χ4n) is 6.17. The van der Waals surface area contributed by atoms with Gasteiger partial charge >= 0.3 is 6.02 Å². The molecule has 0 unspecified atom stereocenters. The van der Waals surface area contributed by atoms with Crippen molar-refractivity contribution < 1.29 is 4.74 Å². The molecule has 0 amide bonds. The summed E-state index contributed by atoms with van der Waals surface area (Å²) in [5.74, 6) is 0.539. The SMILES string of the molecule is C=C1/C=C\C=C/C/N=C(/n2c3ccccc3c3c4ccccc4c4c5ccccc5n(-c5ccccc5)c4c32)O1. The van der Waals surface area contributed by atoms with Crippen LogP contribution in [0.25, 0.3) is 60.1 Å². The second kappa shape index (κ2) is 8.85. The molecule has 0 saturated carbocycles.